The van der Waals surface area contributed by atoms with Crippen molar-refractivity contribution in [2.24, 2.45) is 5.92 Å². The lowest BCUT2D eigenvalue weighted by Crippen LogP contribution is -2.42. The fourth-order valence-corrected chi connectivity index (χ4v) is 1.45. The molecule has 6 nitrogen and oxygen atoms in total. The van der Waals surface area contributed by atoms with Crippen molar-refractivity contribution in [3.63, 3.8) is 0 Å². The molecule has 2 unspecified atom stereocenters. The highest BCUT2D eigenvalue weighted by Crippen LogP contribution is 2.17. The van der Waals surface area contributed by atoms with Crippen LogP contribution in [0.25, 0.3) is 0 Å². The highest BCUT2D eigenvalue weighted by molar-refractivity contribution is 5.96. The number of rotatable bonds is 3. The summed E-state index contributed by atoms with van der Waals surface area (Å²) in [6.07, 6.45) is 0.607. The first-order chi connectivity index (χ1) is 6.56. The van der Waals surface area contributed by atoms with Crippen molar-refractivity contribution in [3.05, 3.63) is 0 Å². The highest BCUT2D eigenvalue weighted by Gasteiger charge is 2.39. The van der Waals surface area contributed by atoms with E-state index in [0.29, 0.717) is 6.42 Å². The van der Waals surface area contributed by atoms with Gasteiger partial charge in [0.2, 0.25) is 5.91 Å². The van der Waals surface area contributed by atoms with Crippen LogP contribution >= 0.6 is 0 Å². The second-order valence-corrected chi connectivity index (χ2v) is 3.05. The van der Waals surface area contributed by atoms with Crippen LogP contribution in [0.15, 0.2) is 0 Å². The lowest BCUT2D eigenvalue weighted by molar-refractivity contribution is -0.157. The Bertz CT molecular complexity index is 275. The van der Waals surface area contributed by atoms with Crippen molar-refractivity contribution < 1.29 is 24.2 Å². The van der Waals surface area contributed by atoms with Gasteiger partial charge in [0.15, 0.2) is 5.92 Å². The molecule has 2 atom stereocenters. The number of hydrogen-bond donors (Lipinski definition) is 2. The van der Waals surface area contributed by atoms with Gasteiger partial charge in [-0.15, -0.1) is 0 Å². The van der Waals surface area contributed by atoms with Gasteiger partial charge in [-0.2, -0.15) is 0 Å². The minimum atomic E-state index is -1.30. The molecule has 1 aliphatic rings. The Hall–Kier alpha value is -1.59. The van der Waals surface area contributed by atoms with Crippen LogP contribution in [0.4, 0.5) is 0 Å². The molecule has 1 fully saturated rings. The summed E-state index contributed by atoms with van der Waals surface area (Å²) in [4.78, 5) is 32.7. The van der Waals surface area contributed by atoms with Crippen molar-refractivity contribution in [2.75, 3.05) is 7.11 Å². The maximum absolute atomic E-state index is 11.1. The summed E-state index contributed by atoms with van der Waals surface area (Å²) in [6.45, 7) is 0. The first kappa shape index (κ1) is 10.5. The molecule has 1 amide bonds. The van der Waals surface area contributed by atoms with E-state index in [-0.39, 0.29) is 12.3 Å². The molecule has 1 saturated heterocycles. The Balaban J connectivity index is 2.73. The van der Waals surface area contributed by atoms with Crippen LogP contribution in [-0.4, -0.2) is 36.1 Å². The molecule has 1 aliphatic heterocycles. The predicted octanol–water partition coefficient (Wildman–Crippen LogP) is -0.861. The summed E-state index contributed by atoms with van der Waals surface area (Å²) in [5.41, 5.74) is 0. The summed E-state index contributed by atoms with van der Waals surface area (Å²) < 4.78 is 4.35. The first-order valence-electron chi connectivity index (χ1n) is 4.16. The van der Waals surface area contributed by atoms with E-state index in [1.807, 2.05) is 0 Å². The average Bonchev–Trinajstić information content (AvgIpc) is 2.51. The number of carbonyl (C=O) groups is 3. The van der Waals surface area contributed by atoms with Gasteiger partial charge in [-0.3, -0.25) is 14.4 Å². The Morgan fingerprint density at radius 2 is 2.29 bits per heavy atom. The number of nitrogens with one attached hydrogen (secondary N) is 1. The van der Waals surface area contributed by atoms with Gasteiger partial charge in [0.25, 0.3) is 0 Å². The molecular weight excluding hydrogens is 190 g/mol. The number of amides is 1. The van der Waals surface area contributed by atoms with Crippen molar-refractivity contribution >= 4 is 17.8 Å². The number of ether oxygens (including phenoxy) is 1. The number of carbonyl (C=O) groups excluding carboxylic acids is 2. The predicted molar refractivity (Wildman–Crippen MR) is 44.3 cm³/mol. The first-order valence-corrected chi connectivity index (χ1v) is 4.16. The summed E-state index contributed by atoms with van der Waals surface area (Å²) in [7, 11) is 1.12. The Morgan fingerprint density at radius 3 is 2.64 bits per heavy atom. The summed E-state index contributed by atoms with van der Waals surface area (Å²) in [6, 6.07) is -0.646. The van der Waals surface area contributed by atoms with Gasteiger partial charge in [-0.1, -0.05) is 0 Å². The second kappa shape index (κ2) is 4.08. The standard InChI is InChI=1S/C8H11NO5/c1-14-8(13)6(7(11)12)4-2-3-5(10)9-4/h4,6H,2-3H2,1H3,(H,9,10)(H,11,12). The maximum Gasteiger partial charge on any atom is 0.322 e. The van der Waals surface area contributed by atoms with E-state index >= 15 is 0 Å². The molecule has 1 rings (SSSR count). The van der Waals surface area contributed by atoms with E-state index in [0.717, 1.165) is 7.11 Å². The number of methoxy groups -OCH3 is 1. The average molecular weight is 201 g/mol. The topological polar surface area (TPSA) is 92.7 Å². The summed E-state index contributed by atoms with van der Waals surface area (Å²) >= 11 is 0. The number of carboxylic acids is 1. The van der Waals surface area contributed by atoms with E-state index < -0.39 is 23.9 Å². The van der Waals surface area contributed by atoms with Crippen molar-refractivity contribution in [1.82, 2.24) is 5.32 Å². The van der Waals surface area contributed by atoms with Crippen LogP contribution in [0.5, 0.6) is 0 Å². The molecule has 0 spiro atoms. The maximum atomic E-state index is 11.1. The van der Waals surface area contributed by atoms with E-state index in [9.17, 15) is 14.4 Å². The number of esters is 1. The van der Waals surface area contributed by atoms with Crippen molar-refractivity contribution in [1.29, 1.82) is 0 Å². The quantitative estimate of drug-likeness (QED) is 0.457. The molecule has 0 bridgehead atoms. The van der Waals surface area contributed by atoms with Crippen LogP contribution < -0.4 is 5.32 Å². The number of hydrogen-bond acceptors (Lipinski definition) is 4. The minimum Gasteiger partial charge on any atom is -0.481 e. The molecule has 2 N–H and O–H groups in total. The van der Waals surface area contributed by atoms with Gasteiger partial charge in [-0.05, 0) is 6.42 Å². The zero-order chi connectivity index (χ0) is 10.7. The van der Waals surface area contributed by atoms with Crippen LogP contribution in [0.2, 0.25) is 0 Å². The van der Waals surface area contributed by atoms with Gasteiger partial charge in [-0.25, -0.2) is 0 Å². The third-order valence-electron chi connectivity index (χ3n) is 2.15. The molecule has 0 aromatic heterocycles. The van der Waals surface area contributed by atoms with Gasteiger partial charge >= 0.3 is 11.9 Å². The zero-order valence-corrected chi connectivity index (χ0v) is 7.65. The molecule has 0 saturated carbocycles. The Kier molecular flexibility index (Phi) is 3.06. The third-order valence-corrected chi connectivity index (χ3v) is 2.15. The van der Waals surface area contributed by atoms with Crippen molar-refractivity contribution in [2.45, 2.75) is 18.9 Å². The molecule has 78 valence electrons. The summed E-state index contributed by atoms with van der Waals surface area (Å²) in [5.74, 6) is -3.63. The molecule has 0 aromatic carbocycles. The fourth-order valence-electron chi connectivity index (χ4n) is 1.45. The smallest absolute Gasteiger partial charge is 0.322 e. The second-order valence-electron chi connectivity index (χ2n) is 3.05. The molecule has 0 aromatic rings. The molecule has 14 heavy (non-hydrogen) atoms. The van der Waals surface area contributed by atoms with Crippen LogP contribution in [0, 0.1) is 5.92 Å². The van der Waals surface area contributed by atoms with E-state index in [1.54, 1.807) is 0 Å². The Labute approximate surface area is 80.2 Å². The van der Waals surface area contributed by atoms with E-state index in [4.69, 9.17) is 5.11 Å². The van der Waals surface area contributed by atoms with Crippen LogP contribution in [0.3, 0.4) is 0 Å². The van der Waals surface area contributed by atoms with Crippen LogP contribution in [0.1, 0.15) is 12.8 Å². The highest BCUT2D eigenvalue weighted by atomic mass is 16.5. The molecule has 0 aliphatic carbocycles. The Morgan fingerprint density at radius 1 is 1.64 bits per heavy atom. The monoisotopic (exact) mass is 201 g/mol. The van der Waals surface area contributed by atoms with Crippen molar-refractivity contribution in [3.8, 4) is 0 Å². The van der Waals surface area contributed by atoms with E-state index in [2.05, 4.69) is 10.1 Å². The van der Waals surface area contributed by atoms with Gasteiger partial charge in [0, 0.05) is 6.42 Å². The molecular formula is C8H11NO5. The fraction of sp³-hybridized carbons (Fsp3) is 0.625. The van der Waals surface area contributed by atoms with Gasteiger partial charge < -0.3 is 15.2 Å². The SMILES string of the molecule is COC(=O)C(C(=O)O)C1CCC(=O)N1. The van der Waals surface area contributed by atoms with Gasteiger partial charge in [0.1, 0.15) is 0 Å². The molecule has 0 radical (unpaired) electrons. The number of aliphatic carboxylic acids is 1. The third kappa shape index (κ3) is 2.01. The van der Waals surface area contributed by atoms with E-state index in [1.165, 1.54) is 0 Å². The largest absolute Gasteiger partial charge is 0.481 e. The zero-order valence-electron chi connectivity index (χ0n) is 7.65. The molecule has 6 heteroatoms. The lowest BCUT2D eigenvalue weighted by Gasteiger charge is -2.16. The minimum absolute atomic E-state index is 0.231. The summed E-state index contributed by atoms with van der Waals surface area (Å²) in [5, 5.41) is 11.2. The lowest BCUT2D eigenvalue weighted by atomic mass is 9.99. The van der Waals surface area contributed by atoms with Crippen LogP contribution in [-0.2, 0) is 19.1 Å². The molecule has 1 heterocycles. The van der Waals surface area contributed by atoms with Gasteiger partial charge in [0.05, 0.1) is 13.2 Å². The normalized spacial score (nSPS) is 22.6. The number of carboxylic acid groups (broad SMARTS) is 1.